The van der Waals surface area contributed by atoms with E-state index in [2.05, 4.69) is 19.7 Å². The molecule has 0 saturated heterocycles. The minimum Gasteiger partial charge on any atom is -0.328 e. The van der Waals surface area contributed by atoms with Crippen LogP contribution < -0.4 is 10.3 Å². The highest BCUT2D eigenvalue weighted by Gasteiger charge is 2.19. The van der Waals surface area contributed by atoms with E-state index in [0.717, 1.165) is 24.7 Å². The topological polar surface area (TPSA) is 105 Å². The molecule has 0 fully saturated rings. The lowest BCUT2D eigenvalue weighted by atomic mass is 10.5. The van der Waals surface area contributed by atoms with Crippen molar-refractivity contribution in [1.29, 1.82) is 0 Å². The van der Waals surface area contributed by atoms with Gasteiger partial charge in [-0.1, -0.05) is 23.2 Å². The molecule has 2 N–H and O–H groups in total. The summed E-state index contributed by atoms with van der Waals surface area (Å²) in [7, 11) is -3.94. The van der Waals surface area contributed by atoms with Crippen molar-refractivity contribution in [3.63, 3.8) is 0 Å². The molecular formula is C9H6Cl2N4O3S. The second kappa shape index (κ2) is 5.16. The standard InChI is InChI=1S/C9H6Cl2N4O3S/c10-8-7(9(11)14-4-13-8)15-19(17,18)5-1-2-6(16)12-3-5/h1-4,15H,(H,12,16). The van der Waals surface area contributed by atoms with Crippen LogP contribution in [-0.2, 0) is 10.0 Å². The van der Waals surface area contributed by atoms with Crippen LogP contribution in [-0.4, -0.2) is 23.4 Å². The number of aromatic amines is 1. The van der Waals surface area contributed by atoms with Crippen molar-refractivity contribution in [3.05, 3.63) is 45.3 Å². The van der Waals surface area contributed by atoms with Gasteiger partial charge in [0.2, 0.25) is 5.56 Å². The predicted octanol–water partition coefficient (Wildman–Crippen LogP) is 1.27. The van der Waals surface area contributed by atoms with E-state index in [1.165, 1.54) is 0 Å². The van der Waals surface area contributed by atoms with Gasteiger partial charge in [-0.2, -0.15) is 0 Å². The van der Waals surface area contributed by atoms with Gasteiger partial charge in [0.05, 0.1) is 0 Å². The first-order valence-corrected chi connectivity index (χ1v) is 7.01. The largest absolute Gasteiger partial charge is 0.328 e. The Hall–Kier alpha value is -1.64. The van der Waals surface area contributed by atoms with Crippen molar-refractivity contribution < 1.29 is 8.42 Å². The number of anilines is 1. The third kappa shape index (κ3) is 3.03. The Morgan fingerprint density at radius 1 is 1.16 bits per heavy atom. The van der Waals surface area contributed by atoms with E-state index in [0.29, 0.717) is 0 Å². The van der Waals surface area contributed by atoms with Crippen molar-refractivity contribution >= 4 is 38.9 Å². The third-order valence-electron chi connectivity index (χ3n) is 2.06. The van der Waals surface area contributed by atoms with Crippen molar-refractivity contribution in [2.75, 3.05) is 4.72 Å². The van der Waals surface area contributed by atoms with Gasteiger partial charge in [-0.3, -0.25) is 9.52 Å². The lowest BCUT2D eigenvalue weighted by Gasteiger charge is -2.09. The molecule has 7 nitrogen and oxygen atoms in total. The molecule has 0 aromatic carbocycles. The van der Waals surface area contributed by atoms with Crippen LogP contribution in [0.1, 0.15) is 0 Å². The van der Waals surface area contributed by atoms with Gasteiger partial charge in [0.15, 0.2) is 10.3 Å². The van der Waals surface area contributed by atoms with Crippen molar-refractivity contribution in [2.45, 2.75) is 4.90 Å². The van der Waals surface area contributed by atoms with Crippen LogP contribution in [0.15, 0.2) is 34.3 Å². The molecule has 19 heavy (non-hydrogen) atoms. The summed E-state index contributed by atoms with van der Waals surface area (Å²) in [4.78, 5) is 20.2. The van der Waals surface area contributed by atoms with E-state index in [1.807, 2.05) is 0 Å². The summed E-state index contributed by atoms with van der Waals surface area (Å²) in [6.07, 6.45) is 2.15. The molecule has 0 radical (unpaired) electrons. The van der Waals surface area contributed by atoms with E-state index >= 15 is 0 Å². The molecule has 0 unspecified atom stereocenters. The summed E-state index contributed by atoms with van der Waals surface area (Å²) in [6, 6.07) is 2.23. The zero-order valence-corrected chi connectivity index (χ0v) is 11.4. The quantitative estimate of drug-likeness (QED) is 0.828. The predicted molar refractivity (Wildman–Crippen MR) is 69.9 cm³/mol. The van der Waals surface area contributed by atoms with Crippen molar-refractivity contribution in [3.8, 4) is 0 Å². The number of rotatable bonds is 3. The van der Waals surface area contributed by atoms with Gasteiger partial charge in [-0.05, 0) is 6.07 Å². The van der Waals surface area contributed by atoms with Crippen molar-refractivity contribution in [1.82, 2.24) is 15.0 Å². The van der Waals surface area contributed by atoms with Crippen LogP contribution in [0.4, 0.5) is 5.69 Å². The Kier molecular flexibility index (Phi) is 3.74. The van der Waals surface area contributed by atoms with Crippen LogP contribution in [0.25, 0.3) is 0 Å². The highest BCUT2D eigenvalue weighted by atomic mass is 35.5. The van der Waals surface area contributed by atoms with E-state index in [1.54, 1.807) is 0 Å². The molecule has 2 aromatic heterocycles. The zero-order valence-electron chi connectivity index (χ0n) is 9.09. The molecule has 0 aliphatic rings. The number of nitrogens with zero attached hydrogens (tertiary/aromatic N) is 2. The number of hydrogen-bond acceptors (Lipinski definition) is 5. The minimum absolute atomic E-state index is 0.128. The molecule has 100 valence electrons. The molecule has 0 aliphatic heterocycles. The molecule has 0 atom stereocenters. The Bertz CT molecular complexity index is 735. The van der Waals surface area contributed by atoms with Crippen LogP contribution in [0.2, 0.25) is 10.3 Å². The molecule has 0 saturated carbocycles. The summed E-state index contributed by atoms with van der Waals surface area (Å²) in [5.74, 6) is 0. The van der Waals surface area contributed by atoms with Gasteiger partial charge in [-0.15, -0.1) is 0 Å². The molecule has 2 rings (SSSR count). The summed E-state index contributed by atoms with van der Waals surface area (Å²) in [5.41, 5.74) is -0.546. The number of nitrogens with one attached hydrogen (secondary N) is 2. The number of sulfonamides is 1. The fraction of sp³-hybridized carbons (Fsp3) is 0. The molecule has 0 aliphatic carbocycles. The third-order valence-corrected chi connectivity index (χ3v) is 3.98. The summed E-state index contributed by atoms with van der Waals surface area (Å²) in [5, 5.41) is -0.263. The molecule has 0 bridgehead atoms. The maximum atomic E-state index is 12.0. The van der Waals surface area contributed by atoms with Crippen molar-refractivity contribution in [2.24, 2.45) is 0 Å². The molecular weight excluding hydrogens is 315 g/mol. The Labute approximate surface area is 117 Å². The first-order chi connectivity index (χ1) is 8.90. The Balaban J connectivity index is 2.42. The SMILES string of the molecule is O=c1ccc(S(=O)(=O)Nc2c(Cl)ncnc2Cl)c[nH]1. The van der Waals surface area contributed by atoms with E-state index < -0.39 is 15.6 Å². The highest BCUT2D eigenvalue weighted by molar-refractivity contribution is 7.92. The highest BCUT2D eigenvalue weighted by Crippen LogP contribution is 2.27. The normalized spacial score (nSPS) is 11.3. The molecule has 10 heteroatoms. The Morgan fingerprint density at radius 2 is 1.79 bits per heavy atom. The second-order valence-corrected chi connectivity index (χ2v) is 5.72. The lowest BCUT2D eigenvalue weighted by molar-refractivity contribution is 0.600. The van der Waals surface area contributed by atoms with Gasteiger partial charge in [-0.25, -0.2) is 18.4 Å². The monoisotopic (exact) mass is 320 g/mol. The summed E-state index contributed by atoms with van der Waals surface area (Å²) in [6.45, 7) is 0. The summed E-state index contributed by atoms with van der Waals surface area (Å²) >= 11 is 11.5. The average molecular weight is 321 g/mol. The zero-order chi connectivity index (χ0) is 14.0. The van der Waals surface area contributed by atoms with Gasteiger partial charge < -0.3 is 4.98 Å². The van der Waals surface area contributed by atoms with Gasteiger partial charge in [0.25, 0.3) is 10.0 Å². The van der Waals surface area contributed by atoms with Gasteiger partial charge in [0, 0.05) is 12.3 Å². The maximum absolute atomic E-state index is 12.0. The molecule has 2 aromatic rings. The Morgan fingerprint density at radius 3 is 2.32 bits per heavy atom. The number of hydrogen-bond donors (Lipinski definition) is 2. The number of pyridine rings is 1. The number of aromatic nitrogens is 3. The fourth-order valence-electron chi connectivity index (χ4n) is 1.19. The van der Waals surface area contributed by atoms with Gasteiger partial charge in [0.1, 0.15) is 16.9 Å². The van der Waals surface area contributed by atoms with Gasteiger partial charge >= 0.3 is 0 Å². The fourth-order valence-corrected chi connectivity index (χ4v) is 2.75. The smallest absolute Gasteiger partial charge is 0.263 e. The molecule has 2 heterocycles. The first kappa shape index (κ1) is 13.8. The van der Waals surface area contributed by atoms with Crippen LogP contribution in [0.3, 0.4) is 0 Å². The first-order valence-electron chi connectivity index (χ1n) is 4.78. The van der Waals surface area contributed by atoms with Crippen LogP contribution in [0.5, 0.6) is 0 Å². The number of H-pyrrole nitrogens is 1. The molecule has 0 amide bonds. The number of halogens is 2. The molecule has 0 spiro atoms. The van der Waals surface area contributed by atoms with E-state index in [-0.39, 0.29) is 20.9 Å². The van der Waals surface area contributed by atoms with E-state index in [4.69, 9.17) is 23.2 Å². The van der Waals surface area contributed by atoms with Crippen LogP contribution >= 0.6 is 23.2 Å². The maximum Gasteiger partial charge on any atom is 0.263 e. The second-order valence-electron chi connectivity index (χ2n) is 3.32. The van der Waals surface area contributed by atoms with E-state index in [9.17, 15) is 13.2 Å². The summed E-state index contributed by atoms with van der Waals surface area (Å²) < 4.78 is 26.2. The average Bonchev–Trinajstić information content (AvgIpc) is 2.35. The minimum atomic E-state index is -3.94. The van der Waals surface area contributed by atoms with Crippen LogP contribution in [0, 0.1) is 0 Å². The lowest BCUT2D eigenvalue weighted by Crippen LogP contribution is -2.16.